The maximum Gasteiger partial charge on any atom is 0.312 e. The quantitative estimate of drug-likeness (QED) is 0.158. The van der Waals surface area contributed by atoms with E-state index in [9.17, 15) is 19.5 Å². The highest BCUT2D eigenvalue weighted by Gasteiger charge is 2.78. The van der Waals surface area contributed by atoms with Gasteiger partial charge in [-0.05, 0) is 71.1 Å². The predicted molar refractivity (Wildman–Crippen MR) is 160 cm³/mol. The molecule has 0 aromatic rings. The first kappa shape index (κ1) is 33.3. The van der Waals surface area contributed by atoms with Crippen molar-refractivity contribution in [1.29, 1.82) is 0 Å². The number of likely N-dealkylation sites (tertiary alicyclic amines) is 1. The molecule has 3 heterocycles. The van der Waals surface area contributed by atoms with Crippen LogP contribution in [0.3, 0.4) is 0 Å². The summed E-state index contributed by atoms with van der Waals surface area (Å²) in [6.07, 6.45) is 9.92. The van der Waals surface area contributed by atoms with Crippen LogP contribution in [0.5, 0.6) is 0 Å². The molecular weight excluding hydrogens is 520 g/mol. The third kappa shape index (κ3) is 6.74. The molecule has 0 saturated carbocycles. The molecule has 232 valence electrons. The van der Waals surface area contributed by atoms with Crippen molar-refractivity contribution in [2.24, 2.45) is 17.3 Å². The minimum atomic E-state index is -1.07. The van der Waals surface area contributed by atoms with Crippen LogP contribution in [0.15, 0.2) is 25.3 Å². The third-order valence-electron chi connectivity index (χ3n) is 9.14. The van der Waals surface area contributed by atoms with E-state index in [1.165, 1.54) is 0 Å². The normalized spacial score (nSPS) is 29.0. The summed E-state index contributed by atoms with van der Waals surface area (Å²) in [7, 11) is 0. The molecule has 2 amide bonds. The van der Waals surface area contributed by atoms with E-state index in [4.69, 9.17) is 9.47 Å². The van der Waals surface area contributed by atoms with Crippen molar-refractivity contribution in [3.63, 3.8) is 0 Å². The van der Waals surface area contributed by atoms with Crippen LogP contribution in [0.25, 0.3) is 0 Å². The lowest BCUT2D eigenvalue weighted by Crippen LogP contribution is -2.61. The van der Waals surface area contributed by atoms with Gasteiger partial charge < -0.3 is 24.4 Å². The van der Waals surface area contributed by atoms with E-state index in [2.05, 4.69) is 47.8 Å². The first-order valence-electron chi connectivity index (χ1n) is 15.5. The topological polar surface area (TPSA) is 96.4 Å². The van der Waals surface area contributed by atoms with Gasteiger partial charge in [0.05, 0.1) is 18.1 Å². The van der Waals surface area contributed by atoms with E-state index in [0.717, 1.165) is 25.7 Å². The van der Waals surface area contributed by atoms with Crippen LogP contribution in [0.4, 0.5) is 0 Å². The van der Waals surface area contributed by atoms with Crippen molar-refractivity contribution < 1.29 is 29.0 Å². The number of fused-ring (bicyclic) bond motifs is 1. The Hall–Kier alpha value is -2.19. The Labute approximate surface area is 247 Å². The standard InChI is InChI=1S/C33H54N2O6/c1-9-11-16-22-40-29(39)25-24-27(37)34(20-14-12-13-15-21-36)26(33(24)18-17-32(25,8)41-33)28(38)35(19-10-2)31(6,7)23-30(3,4)5/h9-10,24-26,36H,1-2,11-23H2,3-8H3/t24-,25-,26?,32+,33?/m0/s1. The van der Waals surface area contributed by atoms with E-state index in [-0.39, 0.29) is 30.4 Å². The summed E-state index contributed by atoms with van der Waals surface area (Å²) in [5.74, 6) is -2.25. The fourth-order valence-electron chi connectivity index (χ4n) is 7.85. The molecule has 3 saturated heterocycles. The van der Waals surface area contributed by atoms with Crippen molar-refractivity contribution in [2.75, 3.05) is 26.3 Å². The Bertz CT molecular complexity index is 987. The minimum Gasteiger partial charge on any atom is -0.465 e. The number of hydrogen-bond donors (Lipinski definition) is 1. The van der Waals surface area contributed by atoms with Gasteiger partial charge in [0.25, 0.3) is 0 Å². The molecule has 2 bridgehead atoms. The average Bonchev–Trinajstić information content (AvgIpc) is 3.44. The highest BCUT2D eigenvalue weighted by Crippen LogP contribution is 2.63. The Morgan fingerprint density at radius 1 is 1.10 bits per heavy atom. The number of aliphatic hydroxyl groups is 1. The molecule has 8 nitrogen and oxygen atoms in total. The predicted octanol–water partition coefficient (Wildman–Crippen LogP) is 5.04. The molecule has 3 aliphatic rings. The van der Waals surface area contributed by atoms with Crippen LogP contribution in [-0.2, 0) is 23.9 Å². The van der Waals surface area contributed by atoms with Crippen molar-refractivity contribution in [1.82, 2.24) is 9.80 Å². The van der Waals surface area contributed by atoms with Gasteiger partial charge in [-0.25, -0.2) is 0 Å². The summed E-state index contributed by atoms with van der Waals surface area (Å²) in [4.78, 5) is 46.1. The molecule has 2 unspecified atom stereocenters. The van der Waals surface area contributed by atoms with Crippen molar-refractivity contribution in [3.8, 4) is 0 Å². The molecule has 3 aliphatic heterocycles. The number of aliphatic hydroxyl groups excluding tert-OH is 1. The van der Waals surface area contributed by atoms with Crippen LogP contribution in [0.1, 0.15) is 99.3 Å². The molecule has 8 heteroatoms. The molecule has 0 aromatic carbocycles. The Morgan fingerprint density at radius 3 is 2.39 bits per heavy atom. The number of carbonyl (C=O) groups excluding carboxylic acids is 3. The first-order valence-corrected chi connectivity index (χ1v) is 15.5. The second-order valence-electron chi connectivity index (χ2n) is 14.3. The number of unbranched alkanes of at least 4 members (excludes halogenated alkanes) is 4. The molecule has 0 aromatic heterocycles. The van der Waals surface area contributed by atoms with Crippen LogP contribution in [-0.4, -0.2) is 81.8 Å². The summed E-state index contributed by atoms with van der Waals surface area (Å²) in [5.41, 5.74) is -2.46. The van der Waals surface area contributed by atoms with Crippen LogP contribution >= 0.6 is 0 Å². The molecule has 0 aliphatic carbocycles. The van der Waals surface area contributed by atoms with Crippen molar-refractivity contribution >= 4 is 17.8 Å². The lowest BCUT2D eigenvalue weighted by molar-refractivity contribution is -0.161. The Kier molecular flexibility index (Phi) is 10.6. The summed E-state index contributed by atoms with van der Waals surface area (Å²) < 4.78 is 12.4. The molecule has 5 atom stereocenters. The number of ether oxygens (including phenoxy) is 2. The van der Waals surface area contributed by atoms with Gasteiger partial charge in [0.15, 0.2) is 0 Å². The van der Waals surface area contributed by atoms with Gasteiger partial charge in [-0.2, -0.15) is 0 Å². The number of esters is 1. The SMILES string of the molecule is C=CCCCOC(=O)[C@@H]1[C@H]2C(=O)N(CCCCCCO)C(C(=O)N(CC=C)C(C)(C)CC(C)(C)C)C23CC[C@@]1(C)O3. The molecular formula is C33H54N2O6. The lowest BCUT2D eigenvalue weighted by Gasteiger charge is -2.45. The minimum absolute atomic E-state index is 0.0296. The van der Waals surface area contributed by atoms with Crippen molar-refractivity contribution in [3.05, 3.63) is 25.3 Å². The number of rotatable bonds is 16. The zero-order valence-electron chi connectivity index (χ0n) is 26.4. The number of allylic oxidation sites excluding steroid dienone is 1. The van der Waals surface area contributed by atoms with Crippen LogP contribution < -0.4 is 0 Å². The van der Waals surface area contributed by atoms with Crippen molar-refractivity contribution in [2.45, 2.75) is 122 Å². The van der Waals surface area contributed by atoms with E-state index >= 15 is 0 Å². The second-order valence-corrected chi connectivity index (χ2v) is 14.3. The van der Waals surface area contributed by atoms with Gasteiger partial charge in [-0.1, -0.05) is 45.8 Å². The molecule has 1 N–H and O–H groups in total. The van der Waals surface area contributed by atoms with Gasteiger partial charge in [0, 0.05) is 25.2 Å². The zero-order valence-corrected chi connectivity index (χ0v) is 26.4. The summed E-state index contributed by atoms with van der Waals surface area (Å²) in [6.45, 7) is 21.3. The van der Waals surface area contributed by atoms with Crippen LogP contribution in [0.2, 0.25) is 0 Å². The van der Waals surface area contributed by atoms with Gasteiger partial charge in [-0.3, -0.25) is 14.4 Å². The first-order chi connectivity index (χ1) is 19.2. The second kappa shape index (κ2) is 13.0. The number of amides is 2. The summed E-state index contributed by atoms with van der Waals surface area (Å²) >= 11 is 0. The third-order valence-corrected chi connectivity index (χ3v) is 9.14. The Balaban J connectivity index is 2.00. The highest BCUT2D eigenvalue weighted by atomic mass is 16.6. The van der Waals surface area contributed by atoms with Gasteiger partial charge in [0.1, 0.15) is 17.6 Å². The van der Waals surface area contributed by atoms with Gasteiger partial charge in [-0.15, -0.1) is 13.2 Å². The van der Waals surface area contributed by atoms with Gasteiger partial charge >= 0.3 is 5.97 Å². The largest absolute Gasteiger partial charge is 0.465 e. The van der Waals surface area contributed by atoms with E-state index in [0.29, 0.717) is 45.2 Å². The molecule has 1 spiro atoms. The molecule has 3 fully saturated rings. The summed E-state index contributed by atoms with van der Waals surface area (Å²) in [6, 6.07) is -0.822. The molecule has 0 radical (unpaired) electrons. The van der Waals surface area contributed by atoms with Crippen LogP contribution in [0, 0.1) is 17.3 Å². The summed E-state index contributed by atoms with van der Waals surface area (Å²) in [5, 5.41) is 9.19. The maximum atomic E-state index is 14.8. The highest BCUT2D eigenvalue weighted by molar-refractivity contribution is 5.98. The monoisotopic (exact) mass is 574 g/mol. The number of hydrogen-bond acceptors (Lipinski definition) is 6. The average molecular weight is 575 g/mol. The number of carbonyl (C=O) groups is 3. The van der Waals surface area contributed by atoms with E-state index < -0.39 is 40.6 Å². The molecule has 3 rings (SSSR count). The van der Waals surface area contributed by atoms with Gasteiger partial charge in [0.2, 0.25) is 11.8 Å². The van der Waals surface area contributed by atoms with E-state index in [1.807, 2.05) is 11.8 Å². The molecule has 41 heavy (non-hydrogen) atoms. The fourth-order valence-corrected chi connectivity index (χ4v) is 7.85. The smallest absolute Gasteiger partial charge is 0.312 e. The zero-order chi connectivity index (χ0) is 30.6. The number of nitrogens with zero attached hydrogens (tertiary/aromatic N) is 2. The van der Waals surface area contributed by atoms with E-state index in [1.54, 1.807) is 17.1 Å². The maximum absolute atomic E-state index is 14.8. The fraction of sp³-hybridized carbons (Fsp3) is 0.788. The Morgan fingerprint density at radius 2 is 1.78 bits per heavy atom. The lowest BCUT2D eigenvalue weighted by atomic mass is 9.66.